The van der Waals surface area contributed by atoms with Crippen LogP contribution in [-0.2, 0) is 0 Å². The molecule has 2 heterocycles. The lowest BCUT2D eigenvalue weighted by atomic mass is 10.1. The highest BCUT2D eigenvalue weighted by atomic mass is 35.5. The minimum Gasteiger partial charge on any atom is -0.493 e. The molecule has 1 aromatic carbocycles. The molecule has 1 N–H and O–H groups in total. The summed E-state index contributed by atoms with van der Waals surface area (Å²) >= 11 is 1.76. The van der Waals surface area contributed by atoms with Crippen molar-refractivity contribution in [3.05, 3.63) is 52.2 Å². The van der Waals surface area contributed by atoms with Crippen molar-refractivity contribution in [2.75, 3.05) is 26.2 Å². The Morgan fingerprint density at radius 3 is 2.68 bits per heavy atom. The number of carbonyl (C=O) groups is 1. The van der Waals surface area contributed by atoms with E-state index >= 15 is 0 Å². The Kier molecular flexibility index (Phi) is 7.75. The molecule has 136 valence electrons. The van der Waals surface area contributed by atoms with Gasteiger partial charge in [0.25, 0.3) is 5.91 Å². The summed E-state index contributed by atoms with van der Waals surface area (Å²) in [7, 11) is 0. The topological polar surface area (TPSA) is 41.6 Å². The molecular formula is C19H25ClN2O2S. The molecule has 1 aromatic heterocycles. The maximum absolute atomic E-state index is 12.6. The van der Waals surface area contributed by atoms with Gasteiger partial charge in [0.2, 0.25) is 0 Å². The summed E-state index contributed by atoms with van der Waals surface area (Å²) in [6.07, 6.45) is 2.48. The zero-order valence-electron chi connectivity index (χ0n) is 14.4. The lowest BCUT2D eigenvalue weighted by Crippen LogP contribution is -2.36. The third kappa shape index (κ3) is 4.97. The van der Waals surface area contributed by atoms with Crippen LogP contribution in [0, 0.1) is 0 Å². The van der Waals surface area contributed by atoms with E-state index in [-0.39, 0.29) is 24.4 Å². The number of nitrogens with one attached hydrogen (secondary N) is 1. The Hall–Kier alpha value is -1.56. The van der Waals surface area contributed by atoms with E-state index < -0.39 is 0 Å². The van der Waals surface area contributed by atoms with E-state index in [2.05, 4.69) is 27.7 Å². The Morgan fingerprint density at radius 2 is 2.00 bits per heavy atom. The first-order valence-corrected chi connectivity index (χ1v) is 9.45. The van der Waals surface area contributed by atoms with Crippen molar-refractivity contribution in [2.24, 2.45) is 0 Å². The molecule has 0 spiro atoms. The van der Waals surface area contributed by atoms with Crippen LogP contribution in [0.4, 0.5) is 0 Å². The minimum absolute atomic E-state index is 0. The Morgan fingerprint density at radius 1 is 1.24 bits per heavy atom. The fourth-order valence-electron chi connectivity index (χ4n) is 3.16. The van der Waals surface area contributed by atoms with Gasteiger partial charge >= 0.3 is 0 Å². The zero-order chi connectivity index (χ0) is 16.8. The average Bonchev–Trinajstić information content (AvgIpc) is 3.30. The van der Waals surface area contributed by atoms with Crippen molar-refractivity contribution < 1.29 is 9.53 Å². The first-order chi connectivity index (χ1) is 11.8. The van der Waals surface area contributed by atoms with Crippen LogP contribution in [-0.4, -0.2) is 37.0 Å². The molecule has 1 aliphatic heterocycles. The number of nitrogens with zero attached hydrogens (tertiary/aromatic N) is 1. The molecule has 1 amide bonds. The van der Waals surface area contributed by atoms with Crippen LogP contribution in [0.25, 0.3) is 0 Å². The quantitative estimate of drug-likeness (QED) is 0.785. The van der Waals surface area contributed by atoms with E-state index in [0.29, 0.717) is 24.5 Å². The molecule has 1 fully saturated rings. The number of para-hydroxylation sites is 1. The van der Waals surface area contributed by atoms with Gasteiger partial charge in [-0.15, -0.1) is 23.7 Å². The van der Waals surface area contributed by atoms with Crippen molar-refractivity contribution in [1.82, 2.24) is 10.2 Å². The number of hydrogen-bond donors (Lipinski definition) is 1. The summed E-state index contributed by atoms with van der Waals surface area (Å²) in [5.41, 5.74) is 0.603. The highest BCUT2D eigenvalue weighted by Gasteiger charge is 2.25. The molecule has 2 aromatic rings. The van der Waals surface area contributed by atoms with Crippen molar-refractivity contribution in [2.45, 2.75) is 25.8 Å². The molecule has 0 radical (unpaired) electrons. The standard InChI is InChI=1S/C19H24N2O2S.ClH/c1-2-23-17-9-4-3-8-15(17)19(22)20-14-16(18-10-7-13-24-18)21-11-5-6-12-21;/h3-4,7-10,13,16H,2,5-6,11-12,14H2,1H3,(H,20,22);1H. The predicted molar refractivity (Wildman–Crippen MR) is 105 cm³/mol. The summed E-state index contributed by atoms with van der Waals surface area (Å²) < 4.78 is 5.57. The van der Waals surface area contributed by atoms with Crippen LogP contribution in [0.3, 0.4) is 0 Å². The second-order valence-electron chi connectivity index (χ2n) is 5.91. The highest BCUT2D eigenvalue weighted by Crippen LogP contribution is 2.28. The minimum atomic E-state index is -0.0696. The molecule has 1 atom stereocenters. The van der Waals surface area contributed by atoms with E-state index in [9.17, 15) is 4.79 Å². The molecule has 0 aliphatic carbocycles. The van der Waals surface area contributed by atoms with E-state index in [1.807, 2.05) is 31.2 Å². The second kappa shape index (κ2) is 9.80. The largest absolute Gasteiger partial charge is 0.493 e. The number of halogens is 1. The van der Waals surface area contributed by atoms with Gasteiger partial charge in [-0.2, -0.15) is 0 Å². The van der Waals surface area contributed by atoms with Gasteiger partial charge in [0, 0.05) is 11.4 Å². The van der Waals surface area contributed by atoms with E-state index in [4.69, 9.17) is 4.74 Å². The smallest absolute Gasteiger partial charge is 0.255 e. The first-order valence-electron chi connectivity index (χ1n) is 8.57. The van der Waals surface area contributed by atoms with E-state index in [1.165, 1.54) is 17.7 Å². The van der Waals surface area contributed by atoms with Crippen molar-refractivity contribution >= 4 is 29.7 Å². The normalized spacial score (nSPS) is 15.4. The molecule has 4 nitrogen and oxygen atoms in total. The predicted octanol–water partition coefficient (Wildman–Crippen LogP) is 4.14. The summed E-state index contributed by atoms with van der Waals surface area (Å²) in [5.74, 6) is 0.575. The maximum Gasteiger partial charge on any atom is 0.255 e. The second-order valence-corrected chi connectivity index (χ2v) is 6.89. The Balaban J connectivity index is 0.00000225. The van der Waals surface area contributed by atoms with Gasteiger partial charge in [-0.1, -0.05) is 18.2 Å². The van der Waals surface area contributed by atoms with Gasteiger partial charge in [-0.3, -0.25) is 9.69 Å². The molecule has 0 saturated carbocycles. The number of amides is 1. The Bertz CT molecular complexity index is 657. The van der Waals surface area contributed by atoms with Crippen LogP contribution in [0.5, 0.6) is 5.75 Å². The zero-order valence-corrected chi connectivity index (χ0v) is 16.1. The Labute approximate surface area is 159 Å². The number of rotatable bonds is 7. The lowest BCUT2D eigenvalue weighted by Gasteiger charge is -2.27. The summed E-state index contributed by atoms with van der Waals surface area (Å²) in [5, 5.41) is 5.21. The third-order valence-electron chi connectivity index (χ3n) is 4.34. The van der Waals surface area contributed by atoms with Crippen LogP contribution < -0.4 is 10.1 Å². The first kappa shape index (κ1) is 19.8. The van der Waals surface area contributed by atoms with Crippen molar-refractivity contribution in [1.29, 1.82) is 0 Å². The van der Waals surface area contributed by atoms with Gasteiger partial charge in [0.15, 0.2) is 0 Å². The number of ether oxygens (including phenoxy) is 1. The molecule has 1 aliphatic rings. The molecular weight excluding hydrogens is 356 g/mol. The van der Waals surface area contributed by atoms with Crippen LogP contribution >= 0.6 is 23.7 Å². The molecule has 0 bridgehead atoms. The number of likely N-dealkylation sites (tertiary alicyclic amines) is 1. The summed E-state index contributed by atoms with van der Waals surface area (Å²) in [6, 6.07) is 11.9. The van der Waals surface area contributed by atoms with Crippen molar-refractivity contribution in [3.8, 4) is 5.75 Å². The highest BCUT2D eigenvalue weighted by molar-refractivity contribution is 7.10. The average molecular weight is 381 g/mol. The maximum atomic E-state index is 12.6. The monoisotopic (exact) mass is 380 g/mol. The molecule has 3 rings (SSSR count). The van der Waals surface area contributed by atoms with Crippen LogP contribution in [0.2, 0.25) is 0 Å². The molecule has 1 unspecified atom stereocenters. The fourth-order valence-corrected chi connectivity index (χ4v) is 4.02. The third-order valence-corrected chi connectivity index (χ3v) is 5.31. The van der Waals surface area contributed by atoms with E-state index in [0.717, 1.165) is 13.1 Å². The van der Waals surface area contributed by atoms with Crippen LogP contribution in [0.15, 0.2) is 41.8 Å². The SMILES string of the molecule is CCOc1ccccc1C(=O)NCC(c1cccs1)N1CCCC1.Cl. The summed E-state index contributed by atoms with van der Waals surface area (Å²) in [4.78, 5) is 16.4. The fraction of sp³-hybridized carbons (Fsp3) is 0.421. The molecule has 25 heavy (non-hydrogen) atoms. The molecule has 1 saturated heterocycles. The number of hydrogen-bond acceptors (Lipinski definition) is 4. The van der Waals surface area contributed by atoms with Gasteiger partial charge in [-0.05, 0) is 56.4 Å². The number of carbonyl (C=O) groups excluding carboxylic acids is 1. The van der Waals surface area contributed by atoms with Crippen molar-refractivity contribution in [3.63, 3.8) is 0 Å². The van der Waals surface area contributed by atoms with E-state index in [1.54, 1.807) is 11.3 Å². The van der Waals surface area contributed by atoms with Crippen LogP contribution in [0.1, 0.15) is 41.0 Å². The molecule has 6 heteroatoms. The number of thiophene rings is 1. The summed E-state index contributed by atoms with van der Waals surface area (Å²) in [6.45, 7) is 5.31. The van der Waals surface area contributed by atoms with Gasteiger partial charge < -0.3 is 10.1 Å². The lowest BCUT2D eigenvalue weighted by molar-refractivity contribution is 0.0934. The van der Waals surface area contributed by atoms with Gasteiger partial charge in [-0.25, -0.2) is 0 Å². The van der Waals surface area contributed by atoms with Gasteiger partial charge in [0.1, 0.15) is 5.75 Å². The van der Waals surface area contributed by atoms with Gasteiger partial charge in [0.05, 0.1) is 18.2 Å². The number of benzene rings is 1.